The van der Waals surface area contributed by atoms with E-state index in [9.17, 15) is 9.18 Å². The van der Waals surface area contributed by atoms with Gasteiger partial charge in [0.1, 0.15) is 17.3 Å². The quantitative estimate of drug-likeness (QED) is 0.891. The van der Waals surface area contributed by atoms with Crippen LogP contribution in [0, 0.1) is 5.82 Å². The van der Waals surface area contributed by atoms with Gasteiger partial charge in [-0.1, -0.05) is 12.1 Å². The Bertz CT molecular complexity index is 685. The summed E-state index contributed by atoms with van der Waals surface area (Å²) in [7, 11) is 0. The topological polar surface area (TPSA) is 47.6 Å². The van der Waals surface area contributed by atoms with E-state index in [-0.39, 0.29) is 18.3 Å². The van der Waals surface area contributed by atoms with Crippen molar-refractivity contribution >= 4 is 5.91 Å². The summed E-state index contributed by atoms with van der Waals surface area (Å²) in [6, 6.07) is 11.7. The molecule has 3 rings (SSSR count). The molecule has 1 N–H and O–H groups in total. The van der Waals surface area contributed by atoms with E-state index in [0.29, 0.717) is 12.3 Å². The molecule has 1 heterocycles. The van der Waals surface area contributed by atoms with E-state index in [1.54, 1.807) is 0 Å². The minimum Gasteiger partial charge on any atom is -0.493 e. The minimum absolute atomic E-state index is 0.0797. The summed E-state index contributed by atoms with van der Waals surface area (Å²) < 4.78 is 23.5. The zero-order valence-electron chi connectivity index (χ0n) is 12.7. The van der Waals surface area contributed by atoms with Gasteiger partial charge in [0.25, 0.3) is 5.91 Å². The molecule has 1 amide bonds. The Kier molecular flexibility index (Phi) is 4.76. The van der Waals surface area contributed by atoms with Gasteiger partial charge in [0.15, 0.2) is 6.61 Å². The summed E-state index contributed by atoms with van der Waals surface area (Å²) in [5.41, 5.74) is 2.41. The van der Waals surface area contributed by atoms with E-state index in [2.05, 4.69) is 11.4 Å². The van der Waals surface area contributed by atoms with E-state index in [4.69, 9.17) is 9.47 Å². The van der Waals surface area contributed by atoms with Crippen LogP contribution >= 0.6 is 0 Å². The van der Waals surface area contributed by atoms with E-state index < -0.39 is 0 Å². The highest BCUT2D eigenvalue weighted by Gasteiger charge is 2.12. The summed E-state index contributed by atoms with van der Waals surface area (Å²) in [5.74, 6) is 0.908. The van der Waals surface area contributed by atoms with Crippen molar-refractivity contribution in [3.8, 4) is 11.5 Å². The van der Waals surface area contributed by atoms with E-state index >= 15 is 0 Å². The Hall–Kier alpha value is -2.56. The van der Waals surface area contributed by atoms with Crippen molar-refractivity contribution in [2.45, 2.75) is 12.8 Å². The van der Waals surface area contributed by atoms with Gasteiger partial charge >= 0.3 is 0 Å². The number of ether oxygens (including phenoxy) is 2. The number of hydrogen-bond acceptors (Lipinski definition) is 3. The molecule has 23 heavy (non-hydrogen) atoms. The van der Waals surface area contributed by atoms with Gasteiger partial charge in [-0.25, -0.2) is 4.39 Å². The number of carbonyl (C=O) groups is 1. The van der Waals surface area contributed by atoms with Crippen LogP contribution in [0.5, 0.6) is 11.5 Å². The van der Waals surface area contributed by atoms with Gasteiger partial charge in [-0.05, 0) is 47.9 Å². The van der Waals surface area contributed by atoms with Crippen molar-refractivity contribution in [2.75, 3.05) is 19.8 Å². The van der Waals surface area contributed by atoms with Crippen molar-refractivity contribution in [2.24, 2.45) is 0 Å². The molecule has 2 aromatic rings. The van der Waals surface area contributed by atoms with E-state index in [1.807, 2.05) is 12.1 Å². The molecule has 0 bridgehead atoms. The number of hydrogen-bond donors (Lipinski definition) is 1. The maximum atomic E-state index is 12.8. The highest BCUT2D eigenvalue weighted by molar-refractivity contribution is 5.77. The minimum atomic E-state index is -0.332. The van der Waals surface area contributed by atoms with E-state index in [1.165, 1.54) is 35.4 Å². The SMILES string of the molecule is O=C(COc1ccc(F)cc1)NCCc1ccc2c(c1)CCO2. The highest BCUT2D eigenvalue weighted by Crippen LogP contribution is 2.25. The van der Waals surface area contributed by atoms with Gasteiger partial charge in [-0.3, -0.25) is 4.79 Å². The van der Waals surface area contributed by atoms with Crippen molar-refractivity contribution in [1.29, 1.82) is 0 Å². The Morgan fingerprint density at radius 1 is 1.22 bits per heavy atom. The van der Waals surface area contributed by atoms with Crippen molar-refractivity contribution < 1.29 is 18.7 Å². The summed E-state index contributed by atoms with van der Waals surface area (Å²) in [6.07, 6.45) is 1.70. The van der Waals surface area contributed by atoms with Crippen LogP contribution in [0.3, 0.4) is 0 Å². The molecule has 0 aliphatic carbocycles. The second-order valence-corrected chi connectivity index (χ2v) is 5.38. The van der Waals surface area contributed by atoms with Crippen LogP contribution in [0.4, 0.5) is 4.39 Å². The normalized spacial score (nSPS) is 12.4. The van der Waals surface area contributed by atoms with Gasteiger partial charge in [-0.15, -0.1) is 0 Å². The van der Waals surface area contributed by atoms with Crippen LogP contribution in [0.2, 0.25) is 0 Å². The van der Waals surface area contributed by atoms with Crippen LogP contribution in [0.1, 0.15) is 11.1 Å². The number of fused-ring (bicyclic) bond motifs is 1. The monoisotopic (exact) mass is 315 g/mol. The standard InChI is InChI=1S/C18H18FNO3/c19-15-2-4-16(5-3-15)23-12-18(21)20-9-7-13-1-6-17-14(11-13)8-10-22-17/h1-6,11H,7-10,12H2,(H,20,21). The van der Waals surface area contributed by atoms with Gasteiger partial charge in [0, 0.05) is 13.0 Å². The lowest BCUT2D eigenvalue weighted by Gasteiger charge is -2.08. The smallest absolute Gasteiger partial charge is 0.257 e. The third-order valence-corrected chi connectivity index (χ3v) is 3.67. The van der Waals surface area contributed by atoms with E-state index in [0.717, 1.165) is 25.2 Å². The molecule has 0 unspecified atom stereocenters. The van der Waals surface area contributed by atoms with Crippen molar-refractivity contribution in [3.05, 3.63) is 59.4 Å². The zero-order chi connectivity index (χ0) is 16.1. The molecule has 5 heteroatoms. The second-order valence-electron chi connectivity index (χ2n) is 5.38. The third-order valence-electron chi connectivity index (χ3n) is 3.67. The first-order valence-corrected chi connectivity index (χ1v) is 7.60. The van der Waals surface area contributed by atoms with Crippen LogP contribution in [0.15, 0.2) is 42.5 Å². The fourth-order valence-electron chi connectivity index (χ4n) is 2.47. The zero-order valence-corrected chi connectivity index (χ0v) is 12.7. The molecule has 0 saturated carbocycles. The summed E-state index contributed by atoms with van der Waals surface area (Å²) in [6.45, 7) is 1.21. The first-order chi connectivity index (χ1) is 11.2. The molecule has 4 nitrogen and oxygen atoms in total. The molecular formula is C18H18FNO3. The molecule has 1 aliphatic rings. The van der Waals surface area contributed by atoms with Gasteiger partial charge in [0.05, 0.1) is 6.61 Å². The van der Waals surface area contributed by atoms with Gasteiger partial charge < -0.3 is 14.8 Å². The van der Waals surface area contributed by atoms with Gasteiger partial charge in [-0.2, -0.15) is 0 Å². The molecule has 120 valence electrons. The maximum absolute atomic E-state index is 12.8. The lowest BCUT2D eigenvalue weighted by Crippen LogP contribution is -2.30. The number of nitrogens with one attached hydrogen (secondary N) is 1. The Labute approximate surface area is 134 Å². The number of benzene rings is 2. The number of amides is 1. The second kappa shape index (κ2) is 7.13. The highest BCUT2D eigenvalue weighted by atomic mass is 19.1. The Morgan fingerprint density at radius 3 is 2.87 bits per heavy atom. The molecule has 0 spiro atoms. The first kappa shape index (κ1) is 15.3. The molecular weight excluding hydrogens is 297 g/mol. The summed E-state index contributed by atoms with van der Waals surface area (Å²) in [4.78, 5) is 11.7. The molecule has 0 saturated heterocycles. The van der Waals surface area contributed by atoms with Gasteiger partial charge in [0.2, 0.25) is 0 Å². The average molecular weight is 315 g/mol. The molecule has 0 atom stereocenters. The molecule has 2 aromatic carbocycles. The first-order valence-electron chi connectivity index (χ1n) is 7.60. The molecule has 0 fully saturated rings. The third kappa shape index (κ3) is 4.22. The fraction of sp³-hybridized carbons (Fsp3) is 0.278. The Morgan fingerprint density at radius 2 is 2.04 bits per heavy atom. The largest absolute Gasteiger partial charge is 0.493 e. The Balaban J connectivity index is 1.40. The maximum Gasteiger partial charge on any atom is 0.257 e. The molecule has 1 aliphatic heterocycles. The molecule has 0 radical (unpaired) electrons. The summed E-state index contributed by atoms with van der Waals surface area (Å²) >= 11 is 0. The van der Waals surface area contributed by atoms with Crippen molar-refractivity contribution in [1.82, 2.24) is 5.32 Å². The number of rotatable bonds is 6. The fourth-order valence-corrected chi connectivity index (χ4v) is 2.47. The van der Waals surface area contributed by atoms with Crippen LogP contribution in [-0.2, 0) is 17.6 Å². The predicted molar refractivity (Wildman–Crippen MR) is 84.2 cm³/mol. The van der Waals surface area contributed by atoms with Crippen molar-refractivity contribution in [3.63, 3.8) is 0 Å². The predicted octanol–water partition coefficient (Wildman–Crippen LogP) is 2.50. The average Bonchev–Trinajstić information content (AvgIpc) is 3.02. The lowest BCUT2D eigenvalue weighted by molar-refractivity contribution is -0.123. The van der Waals surface area contributed by atoms with Crippen LogP contribution < -0.4 is 14.8 Å². The number of carbonyl (C=O) groups excluding carboxylic acids is 1. The number of halogens is 1. The lowest BCUT2D eigenvalue weighted by atomic mass is 10.1. The van der Waals surface area contributed by atoms with Crippen LogP contribution in [0.25, 0.3) is 0 Å². The molecule has 0 aromatic heterocycles. The summed E-state index contributed by atoms with van der Waals surface area (Å²) in [5, 5.41) is 2.81. The van der Waals surface area contributed by atoms with Crippen LogP contribution in [-0.4, -0.2) is 25.7 Å².